The first-order valence-corrected chi connectivity index (χ1v) is 12.1. The number of carbonyl (C=O) groups excluding carboxylic acids is 1. The fraction of sp³-hybridized carbons (Fsp3) is 0.346. The van der Waals surface area contributed by atoms with Crippen molar-refractivity contribution in [3.05, 3.63) is 66.0 Å². The second-order valence-corrected chi connectivity index (χ2v) is 8.82. The number of amides is 2. The number of likely N-dealkylation sites (N-methyl/N-ethyl adjacent to an activating group) is 1. The number of piperazine rings is 1. The number of urea groups is 1. The van der Waals surface area contributed by atoms with Gasteiger partial charge in [0.2, 0.25) is 0 Å². The summed E-state index contributed by atoms with van der Waals surface area (Å²) >= 11 is 0. The summed E-state index contributed by atoms with van der Waals surface area (Å²) in [6.07, 6.45) is 3.61. The van der Waals surface area contributed by atoms with E-state index in [4.69, 9.17) is 10.5 Å². The molecule has 190 valence electrons. The number of nitrogens with one attached hydrogen (secondary N) is 3. The summed E-state index contributed by atoms with van der Waals surface area (Å²) < 4.78 is 5.48. The third kappa shape index (κ3) is 7.06. The number of methoxy groups -OCH3 is 1. The molecule has 1 aliphatic heterocycles. The van der Waals surface area contributed by atoms with E-state index in [2.05, 4.69) is 67.0 Å². The number of hydrogen-bond donors (Lipinski definition) is 4. The van der Waals surface area contributed by atoms with Crippen molar-refractivity contribution >= 4 is 29.0 Å². The second-order valence-electron chi connectivity index (χ2n) is 8.82. The molecule has 0 spiro atoms. The maximum Gasteiger partial charge on any atom is 0.324 e. The number of nitrogens with zero attached hydrogens (tertiary/aromatic N) is 4. The van der Waals surface area contributed by atoms with Crippen LogP contribution in [-0.2, 0) is 13.0 Å². The van der Waals surface area contributed by atoms with Crippen LogP contribution >= 0.6 is 0 Å². The van der Waals surface area contributed by atoms with Gasteiger partial charge in [0.05, 0.1) is 25.2 Å². The molecule has 4 rings (SSSR count). The lowest BCUT2D eigenvalue weighted by molar-refractivity contribution is 0.262. The van der Waals surface area contributed by atoms with Gasteiger partial charge in [0.1, 0.15) is 11.6 Å². The molecule has 0 atom stereocenters. The monoisotopic (exact) mass is 490 g/mol. The van der Waals surface area contributed by atoms with Crippen LogP contribution in [0.3, 0.4) is 0 Å². The van der Waals surface area contributed by atoms with Crippen LogP contribution in [0.15, 0.2) is 54.9 Å². The quantitative estimate of drug-likeness (QED) is 0.338. The Kier molecular flexibility index (Phi) is 8.53. The van der Waals surface area contributed by atoms with Crippen LogP contribution in [0.4, 0.5) is 27.8 Å². The fourth-order valence-electron chi connectivity index (χ4n) is 4.02. The summed E-state index contributed by atoms with van der Waals surface area (Å²) in [5.41, 5.74) is 9.75. The molecule has 0 radical (unpaired) electrons. The third-order valence-electron chi connectivity index (χ3n) is 6.15. The summed E-state index contributed by atoms with van der Waals surface area (Å²) in [7, 11) is 3.75. The Hall–Kier alpha value is -3.89. The Labute approximate surface area is 211 Å². The highest BCUT2D eigenvalue weighted by atomic mass is 16.5. The van der Waals surface area contributed by atoms with Gasteiger partial charge in [-0.2, -0.15) is 0 Å². The molecule has 0 unspecified atom stereocenters. The average molecular weight is 491 g/mol. The van der Waals surface area contributed by atoms with Crippen LogP contribution in [0.5, 0.6) is 5.75 Å². The Morgan fingerprint density at radius 2 is 1.75 bits per heavy atom. The molecule has 0 saturated carbocycles. The normalized spacial score (nSPS) is 13.9. The van der Waals surface area contributed by atoms with E-state index in [1.165, 1.54) is 23.6 Å². The number of rotatable bonds is 9. The van der Waals surface area contributed by atoms with Gasteiger partial charge in [0.25, 0.3) is 0 Å². The van der Waals surface area contributed by atoms with E-state index in [0.29, 0.717) is 17.3 Å². The highest BCUT2D eigenvalue weighted by Crippen LogP contribution is 2.26. The molecule has 2 aromatic carbocycles. The van der Waals surface area contributed by atoms with Crippen LogP contribution in [0.25, 0.3) is 0 Å². The minimum atomic E-state index is -0.444. The molecule has 3 aromatic rings. The molecule has 10 heteroatoms. The number of ether oxygens (including phenoxy) is 1. The van der Waals surface area contributed by atoms with E-state index < -0.39 is 6.03 Å². The zero-order chi connectivity index (χ0) is 25.3. The van der Waals surface area contributed by atoms with Crippen molar-refractivity contribution in [2.24, 2.45) is 0 Å². The first-order chi connectivity index (χ1) is 17.5. The predicted molar refractivity (Wildman–Crippen MR) is 144 cm³/mol. The van der Waals surface area contributed by atoms with Gasteiger partial charge in [-0.25, -0.2) is 14.8 Å². The number of anilines is 4. The standard InChI is InChI=1S/C26H34N8O2/c1-33-11-13-34(14-12-33)21-6-3-20(4-7-21)16-28-10-9-19-5-8-22(23(15-19)36-2)31-26(35)32-25-18-29-24(27)17-30-25/h3-8,15,17-18,28H,9-14,16H2,1-2H3,(H2,27,29)(H2,30,31,32,35). The SMILES string of the molecule is COc1cc(CCNCc2ccc(N3CCN(C)CC3)cc2)ccc1NC(=O)Nc1cnc(N)cn1. The number of nitrogens with two attached hydrogens (primary N) is 1. The van der Waals surface area contributed by atoms with Crippen molar-refractivity contribution in [1.29, 1.82) is 0 Å². The summed E-state index contributed by atoms with van der Waals surface area (Å²) in [5.74, 6) is 1.18. The molecule has 10 nitrogen and oxygen atoms in total. The topological polar surface area (TPSA) is 121 Å². The molecule has 0 aliphatic carbocycles. The highest BCUT2D eigenvalue weighted by Gasteiger charge is 2.14. The Balaban J connectivity index is 1.23. The van der Waals surface area contributed by atoms with Crippen LogP contribution < -0.4 is 31.3 Å². The van der Waals surface area contributed by atoms with E-state index in [0.717, 1.165) is 51.3 Å². The zero-order valence-corrected chi connectivity index (χ0v) is 20.8. The molecular weight excluding hydrogens is 456 g/mol. The van der Waals surface area contributed by atoms with Crippen LogP contribution in [0.1, 0.15) is 11.1 Å². The molecule has 36 heavy (non-hydrogen) atoms. The van der Waals surface area contributed by atoms with Gasteiger partial charge in [-0.05, 0) is 55.4 Å². The first kappa shape index (κ1) is 25.2. The Morgan fingerprint density at radius 1 is 1.00 bits per heavy atom. The average Bonchev–Trinajstić information content (AvgIpc) is 2.89. The van der Waals surface area contributed by atoms with Gasteiger partial charge < -0.3 is 30.9 Å². The van der Waals surface area contributed by atoms with E-state index in [1.807, 2.05) is 18.2 Å². The van der Waals surface area contributed by atoms with Gasteiger partial charge in [0, 0.05) is 38.4 Å². The minimum Gasteiger partial charge on any atom is -0.495 e. The number of aromatic nitrogens is 2. The molecule has 1 fully saturated rings. The Bertz CT molecular complexity index is 1130. The van der Waals surface area contributed by atoms with E-state index in [9.17, 15) is 4.79 Å². The lowest BCUT2D eigenvalue weighted by Crippen LogP contribution is -2.44. The molecule has 1 saturated heterocycles. The molecule has 1 aromatic heterocycles. The number of hydrogen-bond acceptors (Lipinski definition) is 8. The largest absolute Gasteiger partial charge is 0.495 e. The van der Waals surface area contributed by atoms with E-state index in [1.54, 1.807) is 7.11 Å². The van der Waals surface area contributed by atoms with Crippen LogP contribution in [0, 0.1) is 0 Å². The lowest BCUT2D eigenvalue weighted by Gasteiger charge is -2.34. The Morgan fingerprint density at radius 3 is 2.44 bits per heavy atom. The molecular formula is C26H34N8O2. The molecule has 0 bridgehead atoms. The van der Waals surface area contributed by atoms with E-state index in [-0.39, 0.29) is 5.82 Å². The smallest absolute Gasteiger partial charge is 0.324 e. The number of benzene rings is 2. The third-order valence-corrected chi connectivity index (χ3v) is 6.15. The molecule has 5 N–H and O–H groups in total. The maximum atomic E-state index is 12.3. The van der Waals surface area contributed by atoms with Gasteiger partial charge in [0.15, 0.2) is 5.82 Å². The van der Waals surface area contributed by atoms with Crippen molar-refractivity contribution in [2.75, 3.05) is 68.1 Å². The van der Waals surface area contributed by atoms with Gasteiger partial charge in [-0.15, -0.1) is 0 Å². The van der Waals surface area contributed by atoms with Crippen LogP contribution in [-0.4, -0.2) is 67.8 Å². The summed E-state index contributed by atoms with van der Waals surface area (Å²) in [4.78, 5) is 25.0. The van der Waals surface area contributed by atoms with Crippen molar-refractivity contribution in [3.63, 3.8) is 0 Å². The van der Waals surface area contributed by atoms with Gasteiger partial charge >= 0.3 is 6.03 Å². The summed E-state index contributed by atoms with van der Waals surface area (Å²) in [6.45, 7) is 6.01. The summed E-state index contributed by atoms with van der Waals surface area (Å²) in [5, 5.41) is 8.90. The molecule has 2 amide bonds. The maximum absolute atomic E-state index is 12.3. The highest BCUT2D eigenvalue weighted by molar-refractivity contribution is 6.00. The number of nitrogen functional groups attached to an aromatic ring is 1. The predicted octanol–water partition coefficient (Wildman–Crippen LogP) is 2.80. The van der Waals surface area contributed by atoms with Crippen molar-refractivity contribution in [2.45, 2.75) is 13.0 Å². The van der Waals surface area contributed by atoms with Crippen LogP contribution in [0.2, 0.25) is 0 Å². The first-order valence-electron chi connectivity index (χ1n) is 12.1. The van der Waals surface area contributed by atoms with Crippen molar-refractivity contribution in [3.8, 4) is 5.75 Å². The second kappa shape index (κ2) is 12.2. The molecule has 1 aliphatic rings. The lowest BCUT2D eigenvalue weighted by atomic mass is 10.1. The molecule has 2 heterocycles. The summed E-state index contributed by atoms with van der Waals surface area (Å²) in [6, 6.07) is 14.1. The van der Waals surface area contributed by atoms with E-state index >= 15 is 0 Å². The van der Waals surface area contributed by atoms with Crippen molar-refractivity contribution in [1.82, 2.24) is 20.2 Å². The fourth-order valence-corrected chi connectivity index (χ4v) is 4.02. The minimum absolute atomic E-state index is 0.284. The van der Waals surface area contributed by atoms with Crippen molar-refractivity contribution < 1.29 is 9.53 Å². The van der Waals surface area contributed by atoms with Gasteiger partial charge in [-0.1, -0.05) is 18.2 Å². The number of carbonyl (C=O) groups is 1. The van der Waals surface area contributed by atoms with Gasteiger partial charge in [-0.3, -0.25) is 5.32 Å². The zero-order valence-electron chi connectivity index (χ0n) is 20.8.